The second kappa shape index (κ2) is 5.97. The Balaban J connectivity index is 1.98. The second-order valence-corrected chi connectivity index (χ2v) is 5.83. The van der Waals surface area contributed by atoms with Gasteiger partial charge in [-0.2, -0.15) is 0 Å². The number of amides is 2. The number of nitrogens with one attached hydrogen (secondary N) is 1. The number of rotatable bonds is 3. The zero-order chi connectivity index (χ0) is 14.8. The van der Waals surface area contributed by atoms with Gasteiger partial charge in [-0.05, 0) is 26.9 Å². The van der Waals surface area contributed by atoms with Crippen molar-refractivity contribution in [3.8, 4) is 0 Å². The second-order valence-electron chi connectivity index (χ2n) is 5.83. The Morgan fingerprint density at radius 3 is 2.75 bits per heavy atom. The van der Waals surface area contributed by atoms with Crippen molar-refractivity contribution in [2.75, 3.05) is 40.4 Å². The maximum Gasteiger partial charge on any atom is 0.332 e. The zero-order valence-electron chi connectivity index (χ0n) is 12.1. The summed E-state index contributed by atoms with van der Waals surface area (Å²) >= 11 is 0. The number of carboxylic acids is 1. The minimum absolute atomic E-state index is 0.0407. The SMILES string of the molecule is CN(C)C1CCCN(C(=O)NC2(C(=O)O)CCOC2)C1. The first-order chi connectivity index (χ1) is 9.44. The van der Waals surface area contributed by atoms with Gasteiger partial charge in [0.15, 0.2) is 5.54 Å². The molecule has 7 heteroatoms. The Hall–Kier alpha value is -1.34. The average molecular weight is 285 g/mol. The van der Waals surface area contributed by atoms with Crippen molar-refractivity contribution >= 4 is 12.0 Å². The molecular formula is C13H23N3O4. The molecule has 2 unspecified atom stereocenters. The summed E-state index contributed by atoms with van der Waals surface area (Å²) < 4.78 is 5.15. The molecule has 20 heavy (non-hydrogen) atoms. The topological polar surface area (TPSA) is 82.1 Å². The molecule has 2 aliphatic heterocycles. The molecule has 2 fully saturated rings. The van der Waals surface area contributed by atoms with E-state index < -0.39 is 11.5 Å². The minimum Gasteiger partial charge on any atom is -0.479 e. The van der Waals surface area contributed by atoms with Gasteiger partial charge in [0.2, 0.25) is 0 Å². The third kappa shape index (κ3) is 3.04. The largest absolute Gasteiger partial charge is 0.479 e. The van der Waals surface area contributed by atoms with Crippen LogP contribution in [0.2, 0.25) is 0 Å². The summed E-state index contributed by atoms with van der Waals surface area (Å²) in [5, 5.41) is 12.0. The van der Waals surface area contributed by atoms with Crippen LogP contribution in [-0.4, -0.2) is 78.9 Å². The number of likely N-dealkylation sites (N-methyl/N-ethyl adjacent to an activating group) is 1. The maximum atomic E-state index is 12.3. The van der Waals surface area contributed by atoms with Gasteiger partial charge in [-0.15, -0.1) is 0 Å². The van der Waals surface area contributed by atoms with Crippen molar-refractivity contribution in [2.24, 2.45) is 0 Å². The van der Waals surface area contributed by atoms with Gasteiger partial charge < -0.3 is 25.0 Å². The Morgan fingerprint density at radius 1 is 1.45 bits per heavy atom. The molecule has 0 spiro atoms. The molecule has 2 N–H and O–H groups in total. The number of hydrogen-bond acceptors (Lipinski definition) is 4. The van der Waals surface area contributed by atoms with Crippen molar-refractivity contribution in [1.82, 2.24) is 15.1 Å². The number of aliphatic carboxylic acids is 1. The molecule has 7 nitrogen and oxygen atoms in total. The van der Waals surface area contributed by atoms with Crippen LogP contribution in [0.1, 0.15) is 19.3 Å². The van der Waals surface area contributed by atoms with Gasteiger partial charge in [-0.3, -0.25) is 0 Å². The van der Waals surface area contributed by atoms with Crippen molar-refractivity contribution in [1.29, 1.82) is 0 Å². The van der Waals surface area contributed by atoms with Crippen LogP contribution in [0.3, 0.4) is 0 Å². The summed E-state index contributed by atoms with van der Waals surface area (Å²) in [5.74, 6) is -1.02. The number of carbonyl (C=O) groups is 2. The number of carboxylic acid groups (broad SMARTS) is 1. The molecule has 0 aromatic heterocycles. The highest BCUT2D eigenvalue weighted by Crippen LogP contribution is 2.20. The standard InChI is InChI=1S/C13H23N3O4/c1-15(2)10-4-3-6-16(8-10)12(19)14-13(11(17)18)5-7-20-9-13/h10H,3-9H2,1-2H3,(H,14,19)(H,17,18). The van der Waals surface area contributed by atoms with E-state index in [1.807, 2.05) is 14.1 Å². The number of piperidine rings is 1. The predicted octanol–water partition coefficient (Wildman–Crippen LogP) is -0.0343. The molecule has 0 bridgehead atoms. The Labute approximate surface area is 118 Å². The highest BCUT2D eigenvalue weighted by Gasteiger charge is 2.45. The van der Waals surface area contributed by atoms with Crippen molar-refractivity contribution < 1.29 is 19.4 Å². The molecule has 2 heterocycles. The molecule has 2 amide bonds. The fourth-order valence-corrected chi connectivity index (χ4v) is 2.73. The van der Waals surface area contributed by atoms with Gasteiger partial charge in [0.1, 0.15) is 0 Å². The summed E-state index contributed by atoms with van der Waals surface area (Å²) in [4.78, 5) is 27.5. The number of urea groups is 1. The minimum atomic E-state index is -1.26. The van der Waals surface area contributed by atoms with E-state index in [4.69, 9.17) is 4.74 Å². The molecule has 0 radical (unpaired) electrons. The van der Waals surface area contributed by atoms with Crippen LogP contribution in [0.25, 0.3) is 0 Å². The van der Waals surface area contributed by atoms with Crippen LogP contribution in [0.4, 0.5) is 4.79 Å². The maximum absolute atomic E-state index is 12.3. The lowest BCUT2D eigenvalue weighted by Gasteiger charge is -2.37. The summed E-state index contributed by atoms with van der Waals surface area (Å²) in [6, 6.07) is 0.0274. The van der Waals surface area contributed by atoms with E-state index in [1.165, 1.54) is 0 Å². The number of ether oxygens (including phenoxy) is 1. The van der Waals surface area contributed by atoms with Crippen LogP contribution in [0.15, 0.2) is 0 Å². The molecule has 2 aliphatic rings. The van der Waals surface area contributed by atoms with Crippen LogP contribution in [0.5, 0.6) is 0 Å². The quantitative estimate of drug-likeness (QED) is 0.761. The molecule has 2 rings (SSSR count). The summed E-state index contributed by atoms with van der Waals surface area (Å²) in [5.41, 5.74) is -1.26. The van der Waals surface area contributed by atoms with E-state index in [0.29, 0.717) is 32.2 Å². The molecule has 0 saturated carbocycles. The van der Waals surface area contributed by atoms with E-state index >= 15 is 0 Å². The van der Waals surface area contributed by atoms with Crippen LogP contribution in [-0.2, 0) is 9.53 Å². The van der Waals surface area contributed by atoms with Gasteiger partial charge in [0.05, 0.1) is 6.61 Å². The number of hydrogen-bond donors (Lipinski definition) is 2. The molecule has 114 valence electrons. The third-order valence-corrected chi connectivity index (χ3v) is 4.19. The normalized spacial score (nSPS) is 30.6. The smallest absolute Gasteiger partial charge is 0.332 e. The Kier molecular flexibility index (Phi) is 4.49. The lowest BCUT2D eigenvalue weighted by atomic mass is 9.99. The number of nitrogens with zero attached hydrogens (tertiary/aromatic N) is 2. The van der Waals surface area contributed by atoms with Crippen molar-refractivity contribution in [3.63, 3.8) is 0 Å². The zero-order valence-corrected chi connectivity index (χ0v) is 12.1. The Morgan fingerprint density at radius 2 is 2.20 bits per heavy atom. The lowest BCUT2D eigenvalue weighted by molar-refractivity contribution is -0.144. The van der Waals surface area contributed by atoms with Crippen molar-refractivity contribution in [2.45, 2.75) is 30.8 Å². The fraction of sp³-hybridized carbons (Fsp3) is 0.846. The van der Waals surface area contributed by atoms with Gasteiger partial charge in [0, 0.05) is 32.2 Å². The monoisotopic (exact) mass is 285 g/mol. The number of carbonyl (C=O) groups excluding carboxylic acids is 1. The first-order valence-electron chi connectivity index (χ1n) is 6.99. The summed E-state index contributed by atoms with van der Waals surface area (Å²) in [7, 11) is 3.99. The molecule has 0 aliphatic carbocycles. The fourth-order valence-electron chi connectivity index (χ4n) is 2.73. The first kappa shape index (κ1) is 15.1. The number of likely N-dealkylation sites (tertiary alicyclic amines) is 1. The average Bonchev–Trinajstić information content (AvgIpc) is 2.88. The van der Waals surface area contributed by atoms with E-state index in [1.54, 1.807) is 4.90 Å². The van der Waals surface area contributed by atoms with E-state index in [0.717, 1.165) is 12.8 Å². The van der Waals surface area contributed by atoms with E-state index in [-0.39, 0.29) is 12.6 Å². The third-order valence-electron chi connectivity index (χ3n) is 4.19. The van der Waals surface area contributed by atoms with E-state index in [2.05, 4.69) is 10.2 Å². The van der Waals surface area contributed by atoms with Gasteiger partial charge >= 0.3 is 12.0 Å². The Bertz CT molecular complexity index is 380. The first-order valence-corrected chi connectivity index (χ1v) is 6.99. The van der Waals surface area contributed by atoms with Gasteiger partial charge in [-0.25, -0.2) is 9.59 Å². The van der Waals surface area contributed by atoms with Crippen molar-refractivity contribution in [3.05, 3.63) is 0 Å². The summed E-state index contributed by atoms with van der Waals surface area (Å²) in [6.07, 6.45) is 2.32. The van der Waals surface area contributed by atoms with Gasteiger partial charge in [-0.1, -0.05) is 0 Å². The van der Waals surface area contributed by atoms with E-state index in [9.17, 15) is 14.7 Å². The van der Waals surface area contributed by atoms with Crippen LogP contribution in [0, 0.1) is 0 Å². The highest BCUT2D eigenvalue weighted by atomic mass is 16.5. The van der Waals surface area contributed by atoms with Gasteiger partial charge in [0.25, 0.3) is 0 Å². The van der Waals surface area contributed by atoms with Crippen LogP contribution < -0.4 is 5.32 Å². The lowest BCUT2D eigenvalue weighted by Crippen LogP contribution is -2.60. The summed E-state index contributed by atoms with van der Waals surface area (Å²) in [6.45, 7) is 1.72. The molecule has 2 atom stereocenters. The molecule has 2 saturated heterocycles. The molecule has 0 aromatic carbocycles. The molecular weight excluding hydrogens is 262 g/mol. The highest BCUT2D eigenvalue weighted by molar-refractivity contribution is 5.86. The molecule has 0 aromatic rings. The predicted molar refractivity (Wildman–Crippen MR) is 72.6 cm³/mol. The van der Waals surface area contributed by atoms with Crippen LogP contribution >= 0.6 is 0 Å².